The van der Waals surface area contributed by atoms with Crippen LogP contribution in [0.25, 0.3) is 0 Å². The van der Waals surface area contributed by atoms with E-state index in [2.05, 4.69) is 10.6 Å². The molecule has 0 bridgehead atoms. The number of rotatable bonds is 1. The van der Waals surface area contributed by atoms with Gasteiger partial charge in [-0.05, 0) is 11.1 Å². The molecule has 1 amide bonds. The second kappa shape index (κ2) is 4.11. The van der Waals surface area contributed by atoms with Crippen molar-refractivity contribution in [2.24, 2.45) is 0 Å². The lowest BCUT2D eigenvalue weighted by Gasteiger charge is -2.24. The Labute approximate surface area is 87.9 Å². The number of fused-ring (bicyclic) bond motifs is 1. The molecule has 1 unspecified atom stereocenters. The molecule has 0 saturated carbocycles. The Morgan fingerprint density at radius 1 is 1.53 bits per heavy atom. The molecule has 4 nitrogen and oxygen atoms in total. The molecule has 0 radical (unpaired) electrons. The van der Waals surface area contributed by atoms with Gasteiger partial charge in [0.05, 0.1) is 5.92 Å². The van der Waals surface area contributed by atoms with E-state index in [0.717, 1.165) is 17.7 Å². The van der Waals surface area contributed by atoms with Crippen molar-refractivity contribution in [3.63, 3.8) is 0 Å². The minimum absolute atomic E-state index is 0.239. The van der Waals surface area contributed by atoms with Crippen molar-refractivity contribution < 1.29 is 4.79 Å². The van der Waals surface area contributed by atoms with E-state index in [1.807, 2.05) is 24.3 Å². The van der Waals surface area contributed by atoms with E-state index in [4.69, 9.17) is 5.26 Å². The molecule has 0 aromatic heterocycles. The summed E-state index contributed by atoms with van der Waals surface area (Å²) in [7, 11) is 0. The summed E-state index contributed by atoms with van der Waals surface area (Å²) in [6.45, 7) is 1.37. The fourth-order valence-corrected chi connectivity index (χ4v) is 1.87. The highest BCUT2D eigenvalue weighted by molar-refractivity contribution is 5.85. The van der Waals surface area contributed by atoms with Gasteiger partial charge in [0.2, 0.25) is 5.91 Å². The molecule has 2 rings (SSSR count). The molecule has 1 aromatic carbocycles. The fraction of sp³-hybridized carbons (Fsp3) is 0.273. The van der Waals surface area contributed by atoms with Gasteiger partial charge in [0.1, 0.15) is 0 Å². The zero-order valence-electron chi connectivity index (χ0n) is 8.16. The number of amides is 1. The molecule has 1 aromatic rings. The van der Waals surface area contributed by atoms with E-state index >= 15 is 0 Å². The van der Waals surface area contributed by atoms with Gasteiger partial charge >= 0.3 is 0 Å². The van der Waals surface area contributed by atoms with E-state index in [1.165, 1.54) is 0 Å². The lowest BCUT2D eigenvalue weighted by molar-refractivity contribution is -0.121. The van der Waals surface area contributed by atoms with Crippen LogP contribution >= 0.6 is 0 Å². The highest BCUT2D eigenvalue weighted by atomic mass is 16.1. The van der Waals surface area contributed by atoms with E-state index in [0.29, 0.717) is 6.54 Å². The van der Waals surface area contributed by atoms with Gasteiger partial charge in [-0.2, -0.15) is 5.26 Å². The molecule has 2 N–H and O–H groups in total. The summed E-state index contributed by atoms with van der Waals surface area (Å²) in [6, 6.07) is 7.80. The number of nitrogens with zero attached hydrogens (tertiary/aromatic N) is 1. The highest BCUT2D eigenvalue weighted by Crippen LogP contribution is 2.23. The molecular formula is C11H11N3O. The smallest absolute Gasteiger partial charge is 0.241 e. The molecule has 0 spiro atoms. The van der Waals surface area contributed by atoms with Crippen LogP contribution in [0.5, 0.6) is 0 Å². The van der Waals surface area contributed by atoms with Crippen LogP contribution in [0.3, 0.4) is 0 Å². The molecule has 1 aliphatic heterocycles. The number of hydrogen-bond acceptors (Lipinski definition) is 3. The summed E-state index contributed by atoms with van der Waals surface area (Å²) in [5.41, 5.74) is 2.14. The van der Waals surface area contributed by atoms with E-state index < -0.39 is 0 Å². The number of nitrogens with one attached hydrogen (secondary N) is 2. The van der Waals surface area contributed by atoms with Crippen LogP contribution < -0.4 is 10.6 Å². The van der Waals surface area contributed by atoms with E-state index in [1.54, 1.807) is 6.19 Å². The second-order valence-corrected chi connectivity index (χ2v) is 3.48. The minimum atomic E-state index is -0.255. The van der Waals surface area contributed by atoms with Crippen molar-refractivity contribution in [2.45, 2.75) is 12.5 Å². The molecule has 0 aliphatic carbocycles. The average Bonchev–Trinajstić information content (AvgIpc) is 2.28. The normalized spacial score (nSPS) is 18.7. The summed E-state index contributed by atoms with van der Waals surface area (Å²) in [5, 5.41) is 13.8. The maximum absolute atomic E-state index is 11.6. The maximum Gasteiger partial charge on any atom is 0.241 e. The number of carbonyl (C=O) groups is 1. The molecule has 1 atom stereocenters. The highest BCUT2D eigenvalue weighted by Gasteiger charge is 2.25. The van der Waals surface area contributed by atoms with E-state index in [9.17, 15) is 4.79 Å². The molecule has 4 heteroatoms. The average molecular weight is 201 g/mol. The van der Waals surface area contributed by atoms with Gasteiger partial charge < -0.3 is 5.32 Å². The summed E-state index contributed by atoms with van der Waals surface area (Å²) in [5.74, 6) is -0.494. The number of carbonyl (C=O) groups excluding carboxylic acids is 1. The molecule has 15 heavy (non-hydrogen) atoms. The first-order chi connectivity index (χ1) is 7.33. The van der Waals surface area contributed by atoms with Crippen molar-refractivity contribution in [1.29, 1.82) is 5.26 Å². The first-order valence-electron chi connectivity index (χ1n) is 4.80. The van der Waals surface area contributed by atoms with Gasteiger partial charge in [-0.3, -0.25) is 10.1 Å². The van der Waals surface area contributed by atoms with Gasteiger partial charge in [-0.15, -0.1) is 0 Å². The third kappa shape index (κ3) is 1.83. The van der Waals surface area contributed by atoms with Crippen molar-refractivity contribution in [1.82, 2.24) is 10.6 Å². The third-order valence-electron chi connectivity index (χ3n) is 2.59. The third-order valence-corrected chi connectivity index (χ3v) is 2.59. The fourth-order valence-electron chi connectivity index (χ4n) is 1.87. The summed E-state index contributed by atoms with van der Waals surface area (Å²) in [6.07, 6.45) is 1.67. The van der Waals surface area contributed by atoms with Crippen LogP contribution in [-0.2, 0) is 11.3 Å². The molecule has 76 valence electrons. The zero-order valence-corrected chi connectivity index (χ0v) is 8.16. The van der Waals surface area contributed by atoms with Gasteiger partial charge in [0.25, 0.3) is 0 Å². The van der Waals surface area contributed by atoms with Crippen molar-refractivity contribution in [2.75, 3.05) is 6.54 Å². The van der Waals surface area contributed by atoms with Crippen LogP contribution in [0.4, 0.5) is 0 Å². The summed E-state index contributed by atoms with van der Waals surface area (Å²) < 4.78 is 0. The van der Waals surface area contributed by atoms with Crippen LogP contribution in [0.1, 0.15) is 17.0 Å². The van der Waals surface area contributed by atoms with Gasteiger partial charge in [0.15, 0.2) is 6.19 Å². The molecule has 1 heterocycles. The predicted octanol–water partition coefficient (Wildman–Crippen LogP) is 0.471. The van der Waals surface area contributed by atoms with Crippen molar-refractivity contribution in [3.8, 4) is 6.19 Å². The Balaban J connectivity index is 2.30. The van der Waals surface area contributed by atoms with Gasteiger partial charge in [0, 0.05) is 13.1 Å². The Morgan fingerprint density at radius 2 is 2.33 bits per heavy atom. The summed E-state index contributed by atoms with van der Waals surface area (Å²) >= 11 is 0. The van der Waals surface area contributed by atoms with Gasteiger partial charge in [-0.25, -0.2) is 0 Å². The Morgan fingerprint density at radius 3 is 3.13 bits per heavy atom. The van der Waals surface area contributed by atoms with Crippen LogP contribution in [0.15, 0.2) is 24.3 Å². The standard InChI is InChI=1S/C11H11N3O/c12-7-14-11(15)10-6-13-5-8-3-1-2-4-9(8)10/h1-4,10,13H,5-6H2,(H,14,15). The quantitative estimate of drug-likeness (QED) is 0.513. The number of nitriles is 1. The van der Waals surface area contributed by atoms with Gasteiger partial charge in [-0.1, -0.05) is 24.3 Å². The molecular weight excluding hydrogens is 190 g/mol. The Kier molecular flexibility index (Phi) is 2.66. The lowest BCUT2D eigenvalue weighted by atomic mass is 9.90. The maximum atomic E-state index is 11.6. The molecule has 1 aliphatic rings. The largest absolute Gasteiger partial charge is 0.312 e. The minimum Gasteiger partial charge on any atom is -0.312 e. The Hall–Kier alpha value is -1.86. The van der Waals surface area contributed by atoms with Crippen molar-refractivity contribution in [3.05, 3.63) is 35.4 Å². The Bertz CT molecular complexity index is 422. The van der Waals surface area contributed by atoms with E-state index in [-0.39, 0.29) is 11.8 Å². The molecule has 0 saturated heterocycles. The molecule has 0 fully saturated rings. The monoisotopic (exact) mass is 201 g/mol. The number of benzene rings is 1. The predicted molar refractivity (Wildman–Crippen MR) is 54.6 cm³/mol. The SMILES string of the molecule is N#CNC(=O)C1CNCc2ccccc21. The zero-order chi connectivity index (χ0) is 10.7. The van der Waals surface area contributed by atoms with Crippen LogP contribution in [0, 0.1) is 11.5 Å². The first-order valence-corrected chi connectivity index (χ1v) is 4.80. The second-order valence-electron chi connectivity index (χ2n) is 3.48. The topological polar surface area (TPSA) is 64.9 Å². The van der Waals surface area contributed by atoms with Crippen LogP contribution in [0.2, 0.25) is 0 Å². The van der Waals surface area contributed by atoms with Crippen molar-refractivity contribution >= 4 is 5.91 Å². The first kappa shape index (κ1) is 9.69. The van der Waals surface area contributed by atoms with Crippen LogP contribution in [-0.4, -0.2) is 12.5 Å². The number of hydrogen-bond donors (Lipinski definition) is 2. The lowest BCUT2D eigenvalue weighted by Crippen LogP contribution is -2.37. The summed E-state index contributed by atoms with van der Waals surface area (Å²) in [4.78, 5) is 11.6.